The minimum absolute atomic E-state index is 0.693. The molecule has 1 fully saturated rings. The fourth-order valence-corrected chi connectivity index (χ4v) is 0.683. The van der Waals surface area contributed by atoms with Gasteiger partial charge in [0.25, 0.3) is 0 Å². The van der Waals surface area contributed by atoms with Crippen LogP contribution in [-0.4, -0.2) is 37.6 Å². The first-order chi connectivity index (χ1) is 5.93. The topological polar surface area (TPSA) is 46.6 Å². The van der Waals surface area contributed by atoms with Crippen molar-refractivity contribution < 1.29 is 14.1 Å². The molecule has 4 nitrogen and oxygen atoms in total. The molecule has 0 radical (unpaired) electrons. The van der Waals surface area contributed by atoms with Crippen molar-refractivity contribution in [3.63, 3.8) is 0 Å². The lowest BCUT2D eigenvalue weighted by atomic mass is 10.5. The van der Waals surface area contributed by atoms with E-state index in [1.54, 1.807) is 4.90 Å². The Balaban J connectivity index is 0.000000252. The Hall–Kier alpha value is 0.530. The Morgan fingerprint density at radius 2 is 1.62 bits per heavy atom. The molecule has 0 aromatic rings. The van der Waals surface area contributed by atoms with Gasteiger partial charge in [0.05, 0.1) is 13.2 Å². The summed E-state index contributed by atoms with van der Waals surface area (Å²) in [6.45, 7) is 2.89. The molecule has 1 heterocycles. The average molecular weight is 268 g/mol. The molecule has 0 unspecified atom stereocenters. The van der Waals surface area contributed by atoms with Gasteiger partial charge in [-0.15, -0.1) is 0 Å². The molecule has 1 rings (SSSR count). The minimum Gasteiger partial charge on any atom is -0.378 e. The van der Waals surface area contributed by atoms with Crippen molar-refractivity contribution in [3.8, 4) is 0 Å². The van der Waals surface area contributed by atoms with Crippen LogP contribution in [0.5, 0.6) is 0 Å². The van der Waals surface area contributed by atoms with Gasteiger partial charge in [0.15, 0.2) is 0 Å². The van der Waals surface area contributed by atoms with Crippen molar-refractivity contribution in [2.75, 3.05) is 26.3 Å². The highest BCUT2D eigenvalue weighted by atomic mass is 36.0. The molecular weight excluding hydrogens is 259 g/mol. The molecule has 0 N–H and O–H groups in total. The zero-order chi connectivity index (χ0) is 10.3. The van der Waals surface area contributed by atoms with Gasteiger partial charge in [-0.2, -0.15) is 0 Å². The second-order valence-corrected chi connectivity index (χ2v) is 8.79. The van der Waals surface area contributed by atoms with E-state index in [0.717, 1.165) is 19.5 Å². The first kappa shape index (κ1) is 13.5. The summed E-state index contributed by atoms with van der Waals surface area (Å²) < 4.78 is 14.5. The first-order valence-electron chi connectivity index (χ1n) is 3.39. The number of hydrogen-bond donors (Lipinski definition) is 0. The number of rotatable bonds is 1. The van der Waals surface area contributed by atoms with Gasteiger partial charge in [0, 0.05) is 13.1 Å². The van der Waals surface area contributed by atoms with Crippen LogP contribution in [0, 0.1) is 0 Å². The summed E-state index contributed by atoms with van der Waals surface area (Å²) in [5.41, 5.74) is 0. The zero-order valence-corrected chi connectivity index (χ0v) is 9.82. The molecule has 0 atom stereocenters. The van der Waals surface area contributed by atoms with Crippen LogP contribution in [-0.2, 0) is 14.1 Å². The van der Waals surface area contributed by atoms with Crippen LogP contribution in [0.15, 0.2) is 0 Å². The molecule has 1 saturated heterocycles. The number of ether oxygens (including phenoxy) is 1. The summed E-state index contributed by atoms with van der Waals surface area (Å²) >= 11 is 13.8. The number of hydrogen-bond acceptors (Lipinski definition) is 3. The van der Waals surface area contributed by atoms with Crippen molar-refractivity contribution >= 4 is 45.3 Å². The van der Waals surface area contributed by atoms with E-state index in [4.69, 9.17) is 4.74 Å². The summed E-state index contributed by atoms with van der Waals surface area (Å²) in [7, 11) is 0. The third kappa shape index (κ3) is 12.5. The lowest BCUT2D eigenvalue weighted by Gasteiger charge is -2.21. The monoisotopic (exact) mass is 267 g/mol. The SMILES string of the molecule is O=CN1CCOCC1.O=P(Cl)(Cl)Cl. The summed E-state index contributed by atoms with van der Waals surface area (Å²) in [4.78, 5) is 11.7. The van der Waals surface area contributed by atoms with Gasteiger partial charge in [-0.1, -0.05) is 0 Å². The van der Waals surface area contributed by atoms with Crippen molar-refractivity contribution in [2.24, 2.45) is 0 Å². The summed E-state index contributed by atoms with van der Waals surface area (Å²) in [5, 5.41) is -3.22. The van der Waals surface area contributed by atoms with Crippen LogP contribution in [0.25, 0.3) is 0 Å². The van der Waals surface area contributed by atoms with Gasteiger partial charge in [-0.3, -0.25) is 9.36 Å². The molecule has 1 aliphatic heterocycles. The average Bonchev–Trinajstić information content (AvgIpc) is 2.03. The minimum atomic E-state index is -3.22. The molecule has 0 bridgehead atoms. The smallest absolute Gasteiger partial charge is 0.339 e. The van der Waals surface area contributed by atoms with E-state index < -0.39 is 5.20 Å². The molecule has 78 valence electrons. The molecule has 0 aromatic heterocycles. The molecular formula is C5H9Cl3NO3P. The second kappa shape index (κ2) is 6.91. The maximum Gasteiger partial charge on any atom is 0.339 e. The Morgan fingerprint density at radius 1 is 1.23 bits per heavy atom. The second-order valence-electron chi connectivity index (χ2n) is 2.15. The van der Waals surface area contributed by atoms with Crippen LogP contribution in [0.2, 0.25) is 0 Å². The van der Waals surface area contributed by atoms with E-state index in [-0.39, 0.29) is 0 Å². The normalized spacial score (nSPS) is 17.3. The van der Waals surface area contributed by atoms with Crippen molar-refractivity contribution in [1.29, 1.82) is 0 Å². The van der Waals surface area contributed by atoms with Gasteiger partial charge >= 0.3 is 5.20 Å². The maximum atomic E-state index is 10.0. The largest absolute Gasteiger partial charge is 0.378 e. The number of halogens is 3. The van der Waals surface area contributed by atoms with E-state index in [1.165, 1.54) is 0 Å². The maximum absolute atomic E-state index is 10.0. The fraction of sp³-hybridized carbons (Fsp3) is 0.800. The van der Waals surface area contributed by atoms with Crippen LogP contribution in [0.3, 0.4) is 0 Å². The van der Waals surface area contributed by atoms with Gasteiger partial charge in [-0.25, -0.2) is 0 Å². The Bertz CT molecular complexity index is 183. The third-order valence-corrected chi connectivity index (χ3v) is 1.19. The van der Waals surface area contributed by atoms with E-state index in [9.17, 15) is 9.36 Å². The predicted octanol–water partition coefficient (Wildman–Crippen LogP) is 2.29. The van der Waals surface area contributed by atoms with E-state index >= 15 is 0 Å². The van der Waals surface area contributed by atoms with Crippen LogP contribution in [0.1, 0.15) is 0 Å². The molecule has 8 heteroatoms. The van der Waals surface area contributed by atoms with Gasteiger partial charge in [0.1, 0.15) is 0 Å². The third-order valence-electron chi connectivity index (χ3n) is 1.19. The number of carbonyl (C=O) groups is 1. The zero-order valence-electron chi connectivity index (χ0n) is 6.66. The lowest BCUT2D eigenvalue weighted by Crippen LogP contribution is -2.34. The number of morpholine rings is 1. The number of amides is 1. The van der Waals surface area contributed by atoms with E-state index in [1.807, 2.05) is 0 Å². The molecule has 0 spiro atoms. The highest BCUT2D eigenvalue weighted by Gasteiger charge is 2.05. The van der Waals surface area contributed by atoms with Crippen molar-refractivity contribution in [3.05, 3.63) is 0 Å². The van der Waals surface area contributed by atoms with Gasteiger partial charge < -0.3 is 9.64 Å². The van der Waals surface area contributed by atoms with Crippen molar-refractivity contribution in [1.82, 2.24) is 4.90 Å². The lowest BCUT2D eigenvalue weighted by molar-refractivity contribution is -0.121. The van der Waals surface area contributed by atoms with E-state index in [0.29, 0.717) is 13.2 Å². The Labute approximate surface area is 90.8 Å². The number of carbonyl (C=O) groups excluding carboxylic acids is 1. The quantitative estimate of drug-likeness (QED) is 0.541. The van der Waals surface area contributed by atoms with E-state index in [2.05, 4.69) is 33.7 Å². The van der Waals surface area contributed by atoms with Crippen LogP contribution < -0.4 is 0 Å². The van der Waals surface area contributed by atoms with Crippen molar-refractivity contribution in [2.45, 2.75) is 0 Å². The van der Waals surface area contributed by atoms with Crippen LogP contribution in [0.4, 0.5) is 0 Å². The highest BCUT2D eigenvalue weighted by molar-refractivity contribution is 8.24. The summed E-state index contributed by atoms with van der Waals surface area (Å²) in [6, 6.07) is 0. The highest BCUT2D eigenvalue weighted by Crippen LogP contribution is 2.61. The first-order valence-corrected chi connectivity index (χ1v) is 7.82. The van der Waals surface area contributed by atoms with Gasteiger partial charge in [-0.05, 0) is 33.7 Å². The summed E-state index contributed by atoms with van der Waals surface area (Å²) in [5.74, 6) is 0. The molecule has 1 amide bonds. The predicted molar refractivity (Wildman–Crippen MR) is 53.6 cm³/mol. The molecule has 0 aromatic carbocycles. The van der Waals surface area contributed by atoms with Crippen LogP contribution >= 0.6 is 38.9 Å². The molecule has 1 aliphatic rings. The number of nitrogens with zero attached hydrogens (tertiary/aromatic N) is 1. The standard InChI is InChI=1S/C5H9NO2.Cl3OP/c7-5-6-1-3-8-4-2-6;1-5(2,3)4/h5H,1-4H2;. The molecule has 13 heavy (non-hydrogen) atoms. The fourth-order valence-electron chi connectivity index (χ4n) is 0.683. The Kier molecular flexibility index (Phi) is 7.19. The molecule has 0 aliphatic carbocycles. The Morgan fingerprint density at radius 3 is 1.85 bits per heavy atom. The summed E-state index contributed by atoms with van der Waals surface area (Å²) in [6.07, 6.45) is 0.864. The van der Waals surface area contributed by atoms with Gasteiger partial charge in [0.2, 0.25) is 6.41 Å². The molecule has 0 saturated carbocycles.